The van der Waals surface area contributed by atoms with Gasteiger partial charge in [0.1, 0.15) is 17.7 Å². The van der Waals surface area contributed by atoms with Crippen molar-refractivity contribution in [2.24, 2.45) is 0 Å². The van der Waals surface area contributed by atoms with Gasteiger partial charge in [-0.25, -0.2) is 9.97 Å². The molecule has 0 aliphatic carbocycles. The van der Waals surface area contributed by atoms with Gasteiger partial charge in [-0.2, -0.15) is 0 Å². The maximum absolute atomic E-state index is 11.9. The molecule has 128 valence electrons. The molecule has 0 radical (unpaired) electrons. The van der Waals surface area contributed by atoms with Crippen molar-refractivity contribution in [2.45, 2.75) is 25.9 Å². The van der Waals surface area contributed by atoms with Gasteiger partial charge >= 0.3 is 0 Å². The first-order chi connectivity index (χ1) is 12.2. The number of para-hydroxylation sites is 1. The second kappa shape index (κ2) is 6.55. The summed E-state index contributed by atoms with van der Waals surface area (Å²) in [7, 11) is 0. The number of fused-ring (bicyclic) bond motifs is 1. The number of benzene rings is 1. The van der Waals surface area contributed by atoms with Crippen molar-refractivity contribution in [2.75, 3.05) is 18.0 Å². The number of ether oxygens (including phenoxy) is 1. The number of nitrogens with zero attached hydrogens (tertiary/aromatic N) is 3. The molecule has 6 heteroatoms. The van der Waals surface area contributed by atoms with Gasteiger partial charge in [0.15, 0.2) is 5.65 Å². The Kier molecular flexibility index (Phi) is 4.09. The monoisotopic (exact) mass is 336 g/mol. The van der Waals surface area contributed by atoms with Crippen LogP contribution in [0, 0.1) is 6.92 Å². The molecule has 0 spiro atoms. The van der Waals surface area contributed by atoms with E-state index in [1.54, 1.807) is 0 Å². The van der Waals surface area contributed by atoms with E-state index >= 15 is 0 Å². The number of pyridine rings is 1. The Morgan fingerprint density at radius 2 is 1.96 bits per heavy atom. The molecule has 0 amide bonds. The van der Waals surface area contributed by atoms with Crippen molar-refractivity contribution in [1.29, 1.82) is 0 Å². The van der Waals surface area contributed by atoms with Crippen LogP contribution < -0.4 is 15.2 Å². The number of hydrogen-bond acceptors (Lipinski definition) is 5. The molecule has 25 heavy (non-hydrogen) atoms. The Morgan fingerprint density at radius 1 is 1.20 bits per heavy atom. The van der Waals surface area contributed by atoms with Gasteiger partial charge in [0.25, 0.3) is 5.56 Å². The minimum atomic E-state index is -0.151. The van der Waals surface area contributed by atoms with Crippen molar-refractivity contribution in [3.05, 3.63) is 58.6 Å². The fraction of sp³-hybridized carbons (Fsp3) is 0.316. The lowest BCUT2D eigenvalue weighted by Crippen LogP contribution is -2.39. The molecule has 0 bridgehead atoms. The van der Waals surface area contributed by atoms with Gasteiger partial charge in [-0.05, 0) is 30.7 Å². The van der Waals surface area contributed by atoms with Crippen LogP contribution in [0.5, 0.6) is 5.75 Å². The Morgan fingerprint density at radius 3 is 2.72 bits per heavy atom. The highest BCUT2D eigenvalue weighted by molar-refractivity contribution is 5.77. The highest BCUT2D eigenvalue weighted by atomic mass is 16.5. The number of aromatic nitrogens is 3. The molecular formula is C19H20N4O2. The Bertz CT molecular complexity index is 931. The first kappa shape index (κ1) is 15.6. The highest BCUT2D eigenvalue weighted by Gasteiger charge is 2.23. The lowest BCUT2D eigenvalue weighted by Gasteiger charge is -2.33. The summed E-state index contributed by atoms with van der Waals surface area (Å²) in [6.45, 7) is 3.74. The number of aromatic amines is 1. The maximum atomic E-state index is 11.9. The number of hydrogen-bond donors (Lipinski definition) is 1. The number of aryl methyl sites for hydroxylation is 1. The van der Waals surface area contributed by atoms with Crippen LogP contribution in [-0.4, -0.2) is 34.1 Å². The summed E-state index contributed by atoms with van der Waals surface area (Å²) in [4.78, 5) is 25.5. The van der Waals surface area contributed by atoms with Crippen LogP contribution >= 0.6 is 0 Å². The Balaban J connectivity index is 1.50. The van der Waals surface area contributed by atoms with Gasteiger partial charge in [0.2, 0.25) is 0 Å². The molecular weight excluding hydrogens is 316 g/mol. The normalized spacial score (nSPS) is 15.5. The third kappa shape index (κ3) is 3.20. The third-order valence-electron chi connectivity index (χ3n) is 4.58. The van der Waals surface area contributed by atoms with Crippen LogP contribution in [0.25, 0.3) is 11.0 Å². The summed E-state index contributed by atoms with van der Waals surface area (Å²) in [6, 6.07) is 11.8. The van der Waals surface area contributed by atoms with Gasteiger partial charge in [0, 0.05) is 25.9 Å². The van der Waals surface area contributed by atoms with Crippen LogP contribution in [0.15, 0.2) is 47.5 Å². The van der Waals surface area contributed by atoms with E-state index in [4.69, 9.17) is 4.74 Å². The number of nitrogens with one attached hydrogen (secondary N) is 1. The van der Waals surface area contributed by atoms with E-state index in [1.807, 2.05) is 43.3 Å². The average molecular weight is 336 g/mol. The van der Waals surface area contributed by atoms with Crippen LogP contribution in [0.1, 0.15) is 18.4 Å². The molecule has 1 N–H and O–H groups in total. The summed E-state index contributed by atoms with van der Waals surface area (Å²) in [5.74, 6) is 1.83. The quantitative estimate of drug-likeness (QED) is 0.796. The van der Waals surface area contributed by atoms with Gasteiger partial charge in [-0.3, -0.25) is 4.79 Å². The standard InChI is InChI=1S/C19H20N4O2/c1-13-11-16-17(20-12-21-19(16)24)22-18(13)23-9-7-15(8-10-23)25-14-5-3-2-4-6-14/h2-6,11-12,15H,7-10H2,1H3,(H,20,21,22,24). The molecule has 1 aliphatic heterocycles. The molecule has 1 aliphatic rings. The number of piperidine rings is 1. The Labute approximate surface area is 145 Å². The number of H-pyrrole nitrogens is 1. The van der Waals surface area contributed by atoms with E-state index in [1.165, 1.54) is 6.33 Å². The van der Waals surface area contributed by atoms with Crippen molar-refractivity contribution in [3.63, 3.8) is 0 Å². The van der Waals surface area contributed by atoms with Gasteiger partial charge in [-0.1, -0.05) is 18.2 Å². The molecule has 0 unspecified atom stereocenters. The average Bonchev–Trinajstić information content (AvgIpc) is 2.64. The highest BCUT2D eigenvalue weighted by Crippen LogP contribution is 2.25. The summed E-state index contributed by atoms with van der Waals surface area (Å²) >= 11 is 0. The molecule has 2 aromatic heterocycles. The van der Waals surface area contributed by atoms with E-state index in [0.29, 0.717) is 11.0 Å². The summed E-state index contributed by atoms with van der Waals surface area (Å²) < 4.78 is 6.05. The molecule has 1 saturated heterocycles. The predicted octanol–water partition coefficient (Wildman–Crippen LogP) is 2.67. The number of rotatable bonds is 3. The van der Waals surface area contributed by atoms with E-state index in [9.17, 15) is 4.79 Å². The molecule has 6 nitrogen and oxygen atoms in total. The van der Waals surface area contributed by atoms with Crippen LogP contribution in [-0.2, 0) is 0 Å². The minimum Gasteiger partial charge on any atom is -0.490 e. The summed E-state index contributed by atoms with van der Waals surface area (Å²) in [5, 5.41) is 0.533. The predicted molar refractivity (Wildman–Crippen MR) is 97.2 cm³/mol. The molecule has 4 rings (SSSR count). The van der Waals surface area contributed by atoms with Crippen molar-refractivity contribution in [1.82, 2.24) is 15.0 Å². The van der Waals surface area contributed by atoms with Crippen LogP contribution in [0.4, 0.5) is 5.82 Å². The molecule has 3 aromatic rings. The molecule has 1 aromatic carbocycles. The zero-order valence-electron chi connectivity index (χ0n) is 14.1. The molecule has 0 atom stereocenters. The SMILES string of the molecule is Cc1cc2c(=O)[nH]cnc2nc1N1CCC(Oc2ccccc2)CC1. The largest absolute Gasteiger partial charge is 0.490 e. The molecule has 1 fully saturated rings. The zero-order chi connectivity index (χ0) is 17.2. The van der Waals surface area contributed by atoms with E-state index in [-0.39, 0.29) is 11.7 Å². The van der Waals surface area contributed by atoms with Crippen molar-refractivity contribution in [3.8, 4) is 5.75 Å². The second-order valence-corrected chi connectivity index (χ2v) is 6.35. The number of anilines is 1. The van der Waals surface area contributed by atoms with Gasteiger partial charge < -0.3 is 14.6 Å². The van der Waals surface area contributed by atoms with Crippen molar-refractivity contribution >= 4 is 16.9 Å². The maximum Gasteiger partial charge on any atom is 0.260 e. The second-order valence-electron chi connectivity index (χ2n) is 6.35. The van der Waals surface area contributed by atoms with E-state index in [0.717, 1.165) is 43.1 Å². The summed E-state index contributed by atoms with van der Waals surface area (Å²) in [6.07, 6.45) is 3.50. The first-order valence-corrected chi connectivity index (χ1v) is 8.52. The topological polar surface area (TPSA) is 71.1 Å². The van der Waals surface area contributed by atoms with Crippen LogP contribution in [0.3, 0.4) is 0 Å². The van der Waals surface area contributed by atoms with Crippen LogP contribution in [0.2, 0.25) is 0 Å². The van der Waals surface area contributed by atoms with E-state index in [2.05, 4.69) is 19.9 Å². The zero-order valence-corrected chi connectivity index (χ0v) is 14.1. The molecule has 0 saturated carbocycles. The smallest absolute Gasteiger partial charge is 0.260 e. The van der Waals surface area contributed by atoms with Gasteiger partial charge in [0.05, 0.1) is 11.7 Å². The van der Waals surface area contributed by atoms with Gasteiger partial charge in [-0.15, -0.1) is 0 Å². The summed E-state index contributed by atoms with van der Waals surface area (Å²) in [5.41, 5.74) is 1.34. The lowest BCUT2D eigenvalue weighted by molar-refractivity contribution is 0.170. The lowest BCUT2D eigenvalue weighted by atomic mass is 10.1. The van der Waals surface area contributed by atoms with Crippen molar-refractivity contribution < 1.29 is 4.74 Å². The molecule has 3 heterocycles. The Hall–Kier alpha value is -2.89. The first-order valence-electron chi connectivity index (χ1n) is 8.52. The third-order valence-corrected chi connectivity index (χ3v) is 4.58. The van der Waals surface area contributed by atoms with E-state index < -0.39 is 0 Å². The fourth-order valence-electron chi connectivity index (χ4n) is 3.29. The fourth-order valence-corrected chi connectivity index (χ4v) is 3.29. The minimum absolute atomic E-state index is 0.151.